The van der Waals surface area contributed by atoms with E-state index in [2.05, 4.69) is 16.0 Å². The molecule has 1 atom stereocenters. The molecule has 4 rings (SSSR count). The lowest BCUT2D eigenvalue weighted by Crippen LogP contribution is -2.46. The number of benzene rings is 3. The molecule has 3 N–H and O–H groups in total. The number of halogens is 6. The molecule has 0 saturated heterocycles. The highest BCUT2D eigenvalue weighted by molar-refractivity contribution is 6.34. The number of nitrogens with one attached hydrogen (secondary N) is 3. The molecule has 1 aliphatic rings. The van der Waals surface area contributed by atoms with Gasteiger partial charge in [0.2, 0.25) is 5.91 Å². The Balaban J connectivity index is 1.50. The monoisotopic (exact) mass is 651 g/mol. The summed E-state index contributed by atoms with van der Waals surface area (Å²) < 4.78 is 70.6. The number of amides is 3. The van der Waals surface area contributed by atoms with Crippen LogP contribution in [0.2, 0.25) is 5.02 Å². The maximum absolute atomic E-state index is 13.3. The summed E-state index contributed by atoms with van der Waals surface area (Å²) in [6.07, 6.45) is -5.52. The van der Waals surface area contributed by atoms with Gasteiger partial charge in [-0.2, -0.15) is 13.2 Å². The van der Waals surface area contributed by atoms with Gasteiger partial charge in [-0.1, -0.05) is 41.9 Å². The maximum atomic E-state index is 13.3. The van der Waals surface area contributed by atoms with Gasteiger partial charge in [0.05, 0.1) is 16.1 Å². The SMILES string of the molecule is CC(C)(C(=O)NCc1ccc(Cl)c(C(=O)Nc2ccc(OCC(F)F)c(C(=O)NC3CCc4ccccc4C3)c2)c1)C(F)(F)F. The number of rotatable bonds is 10. The Morgan fingerprint density at radius 3 is 2.36 bits per heavy atom. The Hall–Kier alpha value is -4.19. The normalized spacial score (nSPS) is 14.8. The lowest BCUT2D eigenvalue weighted by Gasteiger charge is -2.26. The van der Waals surface area contributed by atoms with Gasteiger partial charge >= 0.3 is 6.18 Å². The second kappa shape index (κ2) is 13.8. The molecule has 0 fully saturated rings. The number of hydrogen-bond donors (Lipinski definition) is 3. The van der Waals surface area contributed by atoms with Gasteiger partial charge in [-0.3, -0.25) is 14.4 Å². The molecule has 3 aromatic carbocycles. The minimum Gasteiger partial charge on any atom is -0.487 e. The van der Waals surface area contributed by atoms with Crippen LogP contribution < -0.4 is 20.7 Å². The largest absolute Gasteiger partial charge is 0.487 e. The van der Waals surface area contributed by atoms with E-state index in [0.717, 1.165) is 25.8 Å². The number of alkyl halides is 5. The fourth-order valence-corrected chi connectivity index (χ4v) is 4.94. The molecule has 0 bridgehead atoms. The number of aryl methyl sites for hydroxylation is 1. The van der Waals surface area contributed by atoms with Crippen LogP contribution in [0.25, 0.3) is 0 Å². The second-order valence-corrected chi connectivity index (χ2v) is 11.6. The molecule has 7 nitrogen and oxygen atoms in total. The minimum absolute atomic E-state index is 0.0191. The molecule has 0 aromatic heterocycles. The highest BCUT2D eigenvalue weighted by Crippen LogP contribution is 2.37. The number of carbonyl (C=O) groups excluding carboxylic acids is 3. The van der Waals surface area contributed by atoms with Crippen LogP contribution in [0.3, 0.4) is 0 Å². The van der Waals surface area contributed by atoms with E-state index in [4.69, 9.17) is 16.3 Å². The van der Waals surface area contributed by atoms with Gasteiger partial charge in [0, 0.05) is 18.3 Å². The molecular weight excluding hydrogens is 621 g/mol. The van der Waals surface area contributed by atoms with E-state index in [1.807, 2.05) is 24.3 Å². The Kier molecular flexibility index (Phi) is 10.4. The standard InChI is InChI=1S/C32H31ClF5N3O4/c1-31(2,32(36,37)38)30(44)39-16-18-7-11-25(33)23(13-18)28(42)41-22-10-12-26(45-17-27(34)35)24(15-22)29(43)40-21-9-8-19-5-3-4-6-20(19)14-21/h3-7,10-13,15,21,27H,8-9,14,16-17H2,1-2H3,(H,39,44)(H,40,43)(H,41,42). The Morgan fingerprint density at radius 1 is 0.956 bits per heavy atom. The van der Waals surface area contributed by atoms with Crippen molar-refractivity contribution in [2.75, 3.05) is 11.9 Å². The van der Waals surface area contributed by atoms with Crippen LogP contribution in [-0.2, 0) is 24.2 Å². The first kappa shape index (κ1) is 33.7. The van der Waals surface area contributed by atoms with Crippen molar-refractivity contribution < 1.29 is 41.1 Å². The van der Waals surface area contributed by atoms with Crippen molar-refractivity contribution in [2.24, 2.45) is 5.41 Å². The summed E-state index contributed by atoms with van der Waals surface area (Å²) in [5, 5.41) is 7.77. The molecule has 1 unspecified atom stereocenters. The minimum atomic E-state index is -4.76. The van der Waals surface area contributed by atoms with E-state index in [0.29, 0.717) is 18.4 Å². The molecule has 13 heteroatoms. The van der Waals surface area contributed by atoms with Crippen LogP contribution in [0, 0.1) is 5.41 Å². The molecule has 240 valence electrons. The smallest absolute Gasteiger partial charge is 0.402 e. The number of anilines is 1. The molecule has 0 radical (unpaired) electrons. The van der Waals surface area contributed by atoms with Gasteiger partial charge in [0.15, 0.2) is 0 Å². The molecule has 0 saturated carbocycles. The van der Waals surface area contributed by atoms with E-state index in [-0.39, 0.29) is 40.2 Å². The molecular formula is C32H31ClF5N3O4. The van der Waals surface area contributed by atoms with E-state index >= 15 is 0 Å². The van der Waals surface area contributed by atoms with Crippen LogP contribution >= 0.6 is 11.6 Å². The Bertz CT molecular complexity index is 1580. The van der Waals surface area contributed by atoms with E-state index < -0.39 is 42.3 Å². The van der Waals surface area contributed by atoms with Crippen LogP contribution in [0.4, 0.5) is 27.6 Å². The molecule has 3 aromatic rings. The zero-order chi connectivity index (χ0) is 32.9. The van der Waals surface area contributed by atoms with Crippen LogP contribution in [0.5, 0.6) is 5.75 Å². The second-order valence-electron chi connectivity index (χ2n) is 11.2. The number of hydrogen-bond acceptors (Lipinski definition) is 4. The summed E-state index contributed by atoms with van der Waals surface area (Å²) in [5.41, 5.74) is -0.0107. The predicted molar refractivity (Wildman–Crippen MR) is 159 cm³/mol. The number of ether oxygens (including phenoxy) is 1. The average Bonchev–Trinajstić information content (AvgIpc) is 2.98. The number of fused-ring (bicyclic) bond motifs is 1. The third kappa shape index (κ3) is 8.30. The first-order chi connectivity index (χ1) is 21.2. The van der Waals surface area contributed by atoms with Gasteiger partial charge in [0.1, 0.15) is 17.8 Å². The van der Waals surface area contributed by atoms with Crippen LogP contribution in [0.1, 0.15) is 57.7 Å². The van der Waals surface area contributed by atoms with Gasteiger partial charge in [0.25, 0.3) is 18.2 Å². The third-order valence-electron chi connectivity index (χ3n) is 7.53. The number of carbonyl (C=O) groups is 3. The van der Waals surface area contributed by atoms with Crippen LogP contribution in [-0.4, -0.2) is 43.0 Å². The molecule has 1 aliphatic carbocycles. The fourth-order valence-electron chi connectivity index (χ4n) is 4.73. The van der Waals surface area contributed by atoms with Crippen molar-refractivity contribution in [3.8, 4) is 5.75 Å². The molecule has 0 spiro atoms. The molecule has 0 aliphatic heterocycles. The van der Waals surface area contributed by atoms with Crippen molar-refractivity contribution in [3.63, 3.8) is 0 Å². The van der Waals surface area contributed by atoms with Gasteiger partial charge in [-0.25, -0.2) is 8.78 Å². The van der Waals surface area contributed by atoms with Gasteiger partial charge < -0.3 is 20.7 Å². The Labute approximate surface area is 261 Å². The van der Waals surface area contributed by atoms with E-state index in [9.17, 15) is 36.3 Å². The zero-order valence-corrected chi connectivity index (χ0v) is 25.1. The summed E-state index contributed by atoms with van der Waals surface area (Å²) >= 11 is 6.22. The summed E-state index contributed by atoms with van der Waals surface area (Å²) in [6.45, 7) is 0.273. The van der Waals surface area contributed by atoms with Crippen molar-refractivity contribution in [1.82, 2.24) is 10.6 Å². The molecule has 45 heavy (non-hydrogen) atoms. The summed E-state index contributed by atoms with van der Waals surface area (Å²) in [7, 11) is 0. The zero-order valence-electron chi connectivity index (χ0n) is 24.4. The highest BCUT2D eigenvalue weighted by atomic mass is 35.5. The van der Waals surface area contributed by atoms with Crippen LogP contribution in [0.15, 0.2) is 60.7 Å². The quantitative estimate of drug-likeness (QED) is 0.212. The van der Waals surface area contributed by atoms with Crippen molar-refractivity contribution in [2.45, 2.75) is 58.3 Å². The van der Waals surface area contributed by atoms with Gasteiger partial charge in [-0.15, -0.1) is 0 Å². The van der Waals surface area contributed by atoms with E-state index in [1.54, 1.807) is 0 Å². The molecule has 3 amide bonds. The lowest BCUT2D eigenvalue weighted by molar-refractivity contribution is -0.211. The predicted octanol–water partition coefficient (Wildman–Crippen LogP) is 6.73. The first-order valence-corrected chi connectivity index (χ1v) is 14.4. The van der Waals surface area contributed by atoms with Gasteiger partial charge in [-0.05, 0) is 80.1 Å². The molecule has 0 heterocycles. The highest BCUT2D eigenvalue weighted by Gasteiger charge is 2.52. The lowest BCUT2D eigenvalue weighted by atomic mass is 9.88. The third-order valence-corrected chi connectivity index (χ3v) is 7.86. The van der Waals surface area contributed by atoms with Crippen molar-refractivity contribution >= 4 is 35.0 Å². The first-order valence-electron chi connectivity index (χ1n) is 14.0. The topological polar surface area (TPSA) is 96.5 Å². The van der Waals surface area contributed by atoms with E-state index in [1.165, 1.54) is 42.0 Å². The maximum Gasteiger partial charge on any atom is 0.402 e. The summed E-state index contributed by atoms with van der Waals surface area (Å²) in [4.78, 5) is 38.7. The summed E-state index contributed by atoms with van der Waals surface area (Å²) in [6, 6.07) is 15.7. The van der Waals surface area contributed by atoms with Crippen molar-refractivity contribution in [3.05, 3.63) is 93.5 Å². The van der Waals surface area contributed by atoms with Crippen molar-refractivity contribution in [1.29, 1.82) is 0 Å². The Morgan fingerprint density at radius 2 is 1.67 bits per heavy atom. The summed E-state index contributed by atoms with van der Waals surface area (Å²) in [5.74, 6) is -2.63. The fraction of sp³-hybridized carbons (Fsp3) is 0.344. The average molecular weight is 652 g/mol.